The first kappa shape index (κ1) is 14.1. The number of carbonyl (C=O) groups is 1. The van der Waals surface area contributed by atoms with E-state index in [2.05, 4.69) is 5.32 Å². The Hall–Kier alpha value is -0.980. The SMILES string of the molecule is CS(=O)(=O)c1c(Cl)cc(Cl)cc1NCC(=O)O. The van der Waals surface area contributed by atoms with Crippen LogP contribution in [0.3, 0.4) is 0 Å². The van der Waals surface area contributed by atoms with Gasteiger partial charge in [0.25, 0.3) is 0 Å². The third-order valence-electron chi connectivity index (χ3n) is 1.81. The van der Waals surface area contributed by atoms with E-state index in [1.165, 1.54) is 12.1 Å². The number of carboxylic acid groups (broad SMARTS) is 1. The highest BCUT2D eigenvalue weighted by Gasteiger charge is 2.19. The van der Waals surface area contributed by atoms with Crippen molar-refractivity contribution < 1.29 is 18.3 Å². The lowest BCUT2D eigenvalue weighted by Gasteiger charge is -2.11. The fourth-order valence-corrected chi connectivity index (χ4v) is 3.10. The van der Waals surface area contributed by atoms with Crippen LogP contribution in [0.1, 0.15) is 0 Å². The summed E-state index contributed by atoms with van der Waals surface area (Å²) < 4.78 is 23.0. The maximum atomic E-state index is 11.5. The number of nitrogens with one attached hydrogen (secondary N) is 1. The third-order valence-corrected chi connectivity index (χ3v) is 3.62. The zero-order valence-corrected chi connectivity index (χ0v) is 11.0. The van der Waals surface area contributed by atoms with Crippen LogP contribution < -0.4 is 5.32 Å². The average Bonchev–Trinajstić information content (AvgIpc) is 2.10. The lowest BCUT2D eigenvalue weighted by molar-refractivity contribution is -0.134. The van der Waals surface area contributed by atoms with Gasteiger partial charge in [0.15, 0.2) is 9.84 Å². The van der Waals surface area contributed by atoms with Crippen molar-refractivity contribution in [1.29, 1.82) is 0 Å². The highest BCUT2D eigenvalue weighted by molar-refractivity contribution is 7.91. The number of benzene rings is 1. The van der Waals surface area contributed by atoms with E-state index in [0.717, 1.165) is 6.26 Å². The second kappa shape index (κ2) is 5.12. The first-order chi connectivity index (χ1) is 7.71. The fourth-order valence-electron chi connectivity index (χ4n) is 1.24. The molecule has 0 unspecified atom stereocenters. The summed E-state index contributed by atoms with van der Waals surface area (Å²) in [6.07, 6.45) is 0.980. The minimum atomic E-state index is -3.57. The molecule has 1 rings (SSSR count). The molecule has 1 aromatic carbocycles. The van der Waals surface area contributed by atoms with E-state index in [0.29, 0.717) is 0 Å². The molecule has 0 bridgehead atoms. The quantitative estimate of drug-likeness (QED) is 0.887. The molecule has 94 valence electrons. The molecule has 8 heteroatoms. The van der Waals surface area contributed by atoms with Crippen molar-refractivity contribution in [3.8, 4) is 0 Å². The highest BCUT2D eigenvalue weighted by atomic mass is 35.5. The summed E-state index contributed by atoms with van der Waals surface area (Å²) >= 11 is 11.5. The lowest BCUT2D eigenvalue weighted by atomic mass is 10.3. The van der Waals surface area contributed by atoms with Crippen LogP contribution >= 0.6 is 23.2 Å². The molecule has 0 atom stereocenters. The van der Waals surface area contributed by atoms with Crippen LogP contribution in [0.25, 0.3) is 0 Å². The summed E-state index contributed by atoms with van der Waals surface area (Å²) in [5.74, 6) is -1.12. The molecule has 0 radical (unpaired) electrons. The number of sulfone groups is 1. The minimum absolute atomic E-state index is 0.0483. The first-order valence-electron chi connectivity index (χ1n) is 4.36. The monoisotopic (exact) mass is 297 g/mol. The van der Waals surface area contributed by atoms with Crippen molar-refractivity contribution in [2.75, 3.05) is 18.1 Å². The number of hydrogen-bond acceptors (Lipinski definition) is 4. The normalized spacial score (nSPS) is 11.2. The molecule has 0 aromatic heterocycles. The van der Waals surface area contributed by atoms with Gasteiger partial charge in [-0.05, 0) is 12.1 Å². The van der Waals surface area contributed by atoms with Crippen molar-refractivity contribution in [2.24, 2.45) is 0 Å². The Bertz CT molecular complexity index is 556. The van der Waals surface area contributed by atoms with Crippen LogP contribution in [-0.2, 0) is 14.6 Å². The Kier molecular flexibility index (Phi) is 4.24. The van der Waals surface area contributed by atoms with Crippen LogP contribution in [0.5, 0.6) is 0 Å². The molecule has 0 spiro atoms. The van der Waals surface area contributed by atoms with Gasteiger partial charge in [-0.15, -0.1) is 0 Å². The number of rotatable bonds is 4. The maximum absolute atomic E-state index is 11.5. The first-order valence-corrected chi connectivity index (χ1v) is 7.01. The van der Waals surface area contributed by atoms with Gasteiger partial charge in [0.05, 0.1) is 10.7 Å². The van der Waals surface area contributed by atoms with Crippen LogP contribution in [0, 0.1) is 0 Å². The van der Waals surface area contributed by atoms with Crippen LogP contribution in [0.4, 0.5) is 5.69 Å². The molecular formula is C9H9Cl2NO4S. The highest BCUT2D eigenvalue weighted by Crippen LogP contribution is 2.32. The Labute approximate surface area is 108 Å². The number of aliphatic carboxylic acids is 1. The fraction of sp³-hybridized carbons (Fsp3) is 0.222. The van der Waals surface area contributed by atoms with Crippen molar-refractivity contribution in [1.82, 2.24) is 0 Å². The summed E-state index contributed by atoms with van der Waals surface area (Å²) in [5, 5.41) is 11.2. The van der Waals surface area contributed by atoms with Crippen molar-refractivity contribution in [2.45, 2.75) is 4.90 Å². The molecule has 0 amide bonds. The Morgan fingerprint density at radius 3 is 2.47 bits per heavy atom. The molecule has 0 heterocycles. The Morgan fingerprint density at radius 2 is 2.00 bits per heavy atom. The predicted molar refractivity (Wildman–Crippen MR) is 65.7 cm³/mol. The van der Waals surface area contributed by atoms with Gasteiger partial charge in [0, 0.05) is 11.3 Å². The van der Waals surface area contributed by atoms with Gasteiger partial charge < -0.3 is 10.4 Å². The zero-order valence-electron chi connectivity index (χ0n) is 8.70. The Balaban J connectivity index is 3.31. The van der Waals surface area contributed by atoms with Gasteiger partial charge in [0.2, 0.25) is 0 Å². The molecule has 5 nitrogen and oxygen atoms in total. The van der Waals surface area contributed by atoms with Gasteiger partial charge >= 0.3 is 5.97 Å². The average molecular weight is 298 g/mol. The third kappa shape index (κ3) is 3.76. The number of halogens is 2. The number of hydrogen-bond donors (Lipinski definition) is 2. The zero-order chi connectivity index (χ0) is 13.2. The van der Waals surface area contributed by atoms with E-state index in [1.807, 2.05) is 0 Å². The molecule has 0 aliphatic carbocycles. The van der Waals surface area contributed by atoms with Gasteiger partial charge in [0.1, 0.15) is 11.4 Å². The van der Waals surface area contributed by atoms with E-state index in [4.69, 9.17) is 28.3 Å². The summed E-state index contributed by atoms with van der Waals surface area (Å²) in [6.45, 7) is -0.431. The standard InChI is InChI=1S/C9H9Cl2NO4S/c1-17(15,16)9-6(11)2-5(10)3-7(9)12-4-8(13)14/h2-3,12H,4H2,1H3,(H,13,14). The smallest absolute Gasteiger partial charge is 0.322 e. The molecule has 0 aliphatic heterocycles. The van der Waals surface area contributed by atoms with Gasteiger partial charge in [-0.2, -0.15) is 0 Å². The summed E-state index contributed by atoms with van der Waals surface area (Å²) in [7, 11) is -3.57. The van der Waals surface area contributed by atoms with E-state index >= 15 is 0 Å². The van der Waals surface area contributed by atoms with E-state index in [1.54, 1.807) is 0 Å². The number of anilines is 1. The molecular weight excluding hydrogens is 289 g/mol. The molecule has 1 aromatic rings. The topological polar surface area (TPSA) is 83.5 Å². The van der Waals surface area contributed by atoms with Crippen LogP contribution in [0.15, 0.2) is 17.0 Å². The summed E-state index contributed by atoms with van der Waals surface area (Å²) in [4.78, 5) is 10.3. The summed E-state index contributed by atoms with van der Waals surface area (Å²) in [6, 6.07) is 2.60. The molecule has 2 N–H and O–H groups in total. The Morgan fingerprint density at radius 1 is 1.41 bits per heavy atom. The van der Waals surface area contributed by atoms with Crippen molar-refractivity contribution in [3.63, 3.8) is 0 Å². The van der Waals surface area contributed by atoms with Crippen molar-refractivity contribution >= 4 is 44.7 Å². The predicted octanol–water partition coefficient (Wildman–Crippen LogP) is 1.89. The lowest BCUT2D eigenvalue weighted by Crippen LogP contribution is -2.15. The van der Waals surface area contributed by atoms with Crippen molar-refractivity contribution in [3.05, 3.63) is 22.2 Å². The second-order valence-electron chi connectivity index (χ2n) is 3.28. The van der Waals surface area contributed by atoms with Crippen LogP contribution in [0.2, 0.25) is 10.0 Å². The largest absolute Gasteiger partial charge is 0.480 e. The second-order valence-corrected chi connectivity index (χ2v) is 6.08. The number of carboxylic acids is 1. The van der Waals surface area contributed by atoms with E-state index in [-0.39, 0.29) is 20.6 Å². The maximum Gasteiger partial charge on any atom is 0.322 e. The van der Waals surface area contributed by atoms with Gasteiger partial charge in [-0.3, -0.25) is 4.79 Å². The van der Waals surface area contributed by atoms with E-state index < -0.39 is 22.4 Å². The minimum Gasteiger partial charge on any atom is -0.480 e. The molecule has 0 saturated heterocycles. The van der Waals surface area contributed by atoms with Crippen LogP contribution in [-0.4, -0.2) is 32.3 Å². The van der Waals surface area contributed by atoms with Gasteiger partial charge in [-0.25, -0.2) is 8.42 Å². The van der Waals surface area contributed by atoms with E-state index in [9.17, 15) is 13.2 Å². The molecule has 0 fully saturated rings. The molecule has 0 aliphatic rings. The molecule has 0 saturated carbocycles. The summed E-state index contributed by atoms with van der Waals surface area (Å²) in [5.41, 5.74) is 0.0763. The molecule has 17 heavy (non-hydrogen) atoms. The van der Waals surface area contributed by atoms with Gasteiger partial charge in [-0.1, -0.05) is 23.2 Å².